The number of aliphatic hydroxyl groups is 1. The average Bonchev–Trinajstić information content (AvgIpc) is 2.44. The molecular formula is C16H26N2O3. The fraction of sp³-hybridized carbons (Fsp3) is 0.562. The Morgan fingerprint density at radius 3 is 2.29 bits per heavy atom. The largest absolute Gasteiger partial charge is 0.497 e. The van der Waals surface area contributed by atoms with Crippen LogP contribution in [0.25, 0.3) is 0 Å². The Kier molecular flexibility index (Phi) is 6.65. The van der Waals surface area contributed by atoms with Crippen LogP contribution in [0.1, 0.15) is 25.5 Å². The molecule has 2 atom stereocenters. The van der Waals surface area contributed by atoms with Gasteiger partial charge in [-0.25, -0.2) is 0 Å². The molecule has 21 heavy (non-hydrogen) atoms. The number of nitrogens with zero attached hydrogens (tertiary/aromatic N) is 1. The van der Waals surface area contributed by atoms with Crippen molar-refractivity contribution in [3.05, 3.63) is 29.8 Å². The van der Waals surface area contributed by atoms with Crippen LogP contribution in [-0.4, -0.2) is 49.7 Å². The second-order valence-electron chi connectivity index (χ2n) is 5.69. The lowest BCUT2D eigenvalue weighted by Gasteiger charge is -2.27. The van der Waals surface area contributed by atoms with Crippen molar-refractivity contribution < 1.29 is 14.6 Å². The van der Waals surface area contributed by atoms with E-state index < -0.39 is 6.10 Å². The molecular weight excluding hydrogens is 268 g/mol. The molecule has 2 unspecified atom stereocenters. The number of rotatable bonds is 7. The lowest BCUT2D eigenvalue weighted by atomic mass is 10.0. The van der Waals surface area contributed by atoms with Crippen LogP contribution in [0, 0.1) is 5.92 Å². The van der Waals surface area contributed by atoms with Gasteiger partial charge in [0.2, 0.25) is 5.91 Å². The summed E-state index contributed by atoms with van der Waals surface area (Å²) in [5.74, 6) is 0.878. The Labute approximate surface area is 126 Å². The fourth-order valence-electron chi connectivity index (χ4n) is 2.38. The molecule has 0 aliphatic rings. The van der Waals surface area contributed by atoms with Gasteiger partial charge in [0.1, 0.15) is 5.75 Å². The van der Waals surface area contributed by atoms with Gasteiger partial charge in [0.05, 0.1) is 19.3 Å². The van der Waals surface area contributed by atoms with Crippen molar-refractivity contribution in [2.45, 2.75) is 26.0 Å². The highest BCUT2D eigenvalue weighted by molar-refractivity contribution is 5.82. The Balaban J connectivity index is 2.58. The predicted octanol–water partition coefficient (Wildman–Crippen LogP) is 1.43. The van der Waals surface area contributed by atoms with E-state index in [-0.39, 0.29) is 24.4 Å². The first kappa shape index (κ1) is 17.5. The first-order valence-corrected chi connectivity index (χ1v) is 7.13. The second kappa shape index (κ2) is 8.00. The quantitative estimate of drug-likeness (QED) is 0.798. The van der Waals surface area contributed by atoms with Gasteiger partial charge in [0.25, 0.3) is 0 Å². The van der Waals surface area contributed by atoms with E-state index in [1.54, 1.807) is 31.4 Å². The van der Waals surface area contributed by atoms with Crippen molar-refractivity contribution in [2.75, 3.05) is 27.7 Å². The van der Waals surface area contributed by atoms with E-state index in [2.05, 4.69) is 5.32 Å². The molecule has 0 fully saturated rings. The van der Waals surface area contributed by atoms with Crippen molar-refractivity contribution in [3.63, 3.8) is 0 Å². The monoisotopic (exact) mass is 294 g/mol. The van der Waals surface area contributed by atoms with Crippen LogP contribution < -0.4 is 10.1 Å². The van der Waals surface area contributed by atoms with E-state index >= 15 is 0 Å². The van der Waals surface area contributed by atoms with E-state index in [0.717, 1.165) is 11.3 Å². The number of benzene rings is 1. The normalized spacial score (nSPS) is 14.1. The van der Waals surface area contributed by atoms with Gasteiger partial charge in [-0.1, -0.05) is 26.0 Å². The van der Waals surface area contributed by atoms with E-state index in [1.165, 1.54) is 0 Å². The van der Waals surface area contributed by atoms with Crippen molar-refractivity contribution in [1.82, 2.24) is 10.2 Å². The molecule has 0 spiro atoms. The second-order valence-corrected chi connectivity index (χ2v) is 5.69. The van der Waals surface area contributed by atoms with E-state index in [0.29, 0.717) is 0 Å². The highest BCUT2D eigenvalue weighted by Crippen LogP contribution is 2.17. The number of carbonyl (C=O) groups excluding carboxylic acids is 1. The van der Waals surface area contributed by atoms with Crippen LogP contribution >= 0.6 is 0 Å². The lowest BCUT2D eigenvalue weighted by molar-refractivity contribution is -0.127. The van der Waals surface area contributed by atoms with Crippen LogP contribution in [0.3, 0.4) is 0 Å². The minimum absolute atomic E-state index is 0.0671. The third-order valence-electron chi connectivity index (χ3n) is 3.43. The summed E-state index contributed by atoms with van der Waals surface area (Å²) in [4.78, 5) is 14.1. The zero-order valence-electron chi connectivity index (χ0n) is 13.5. The molecule has 0 radical (unpaired) electrons. The molecule has 0 aromatic heterocycles. The number of ether oxygens (including phenoxy) is 1. The summed E-state index contributed by atoms with van der Waals surface area (Å²) in [6, 6.07) is 6.96. The topological polar surface area (TPSA) is 61.8 Å². The number of methoxy groups -OCH3 is 1. The minimum atomic E-state index is -0.727. The van der Waals surface area contributed by atoms with Crippen molar-refractivity contribution in [3.8, 4) is 5.75 Å². The molecule has 118 valence electrons. The number of amides is 1. The standard InChI is InChI=1S/C16H26N2O3/c1-11(2)15(18(3)4)16(20)17-10-14(19)12-6-8-13(21-5)9-7-12/h6-9,11,14-15,19H,10H2,1-5H3,(H,17,20). The Hall–Kier alpha value is -1.59. The summed E-state index contributed by atoms with van der Waals surface area (Å²) in [5.41, 5.74) is 0.752. The fourth-order valence-corrected chi connectivity index (χ4v) is 2.38. The number of hydrogen-bond donors (Lipinski definition) is 2. The number of nitrogens with one attached hydrogen (secondary N) is 1. The maximum absolute atomic E-state index is 12.2. The van der Waals surface area contributed by atoms with Gasteiger partial charge >= 0.3 is 0 Å². The van der Waals surface area contributed by atoms with Gasteiger partial charge in [-0.15, -0.1) is 0 Å². The van der Waals surface area contributed by atoms with Gasteiger partial charge in [0, 0.05) is 6.54 Å². The molecule has 0 aliphatic heterocycles. The molecule has 0 heterocycles. The summed E-state index contributed by atoms with van der Waals surface area (Å²) < 4.78 is 5.07. The molecule has 1 aromatic carbocycles. The van der Waals surface area contributed by atoms with Crippen LogP contribution in [-0.2, 0) is 4.79 Å². The third-order valence-corrected chi connectivity index (χ3v) is 3.43. The lowest BCUT2D eigenvalue weighted by Crippen LogP contribution is -2.47. The first-order chi connectivity index (χ1) is 9.86. The van der Waals surface area contributed by atoms with Gasteiger partial charge in [-0.2, -0.15) is 0 Å². The average molecular weight is 294 g/mol. The van der Waals surface area contributed by atoms with Gasteiger partial charge < -0.3 is 15.2 Å². The van der Waals surface area contributed by atoms with Gasteiger partial charge in [-0.3, -0.25) is 9.69 Å². The Bertz CT molecular complexity index is 435. The van der Waals surface area contributed by atoms with E-state index in [9.17, 15) is 9.90 Å². The van der Waals surface area contributed by atoms with Gasteiger partial charge in [0.15, 0.2) is 0 Å². The SMILES string of the molecule is COc1ccc(C(O)CNC(=O)C(C(C)C)N(C)C)cc1. The smallest absolute Gasteiger partial charge is 0.237 e. The summed E-state index contributed by atoms with van der Waals surface area (Å²) in [6.07, 6.45) is -0.727. The molecule has 0 saturated heterocycles. The summed E-state index contributed by atoms with van der Waals surface area (Å²) in [6.45, 7) is 4.20. The van der Waals surface area contributed by atoms with Crippen molar-refractivity contribution >= 4 is 5.91 Å². The van der Waals surface area contributed by atoms with Gasteiger partial charge in [-0.05, 0) is 37.7 Å². The maximum Gasteiger partial charge on any atom is 0.237 e. The summed E-state index contributed by atoms with van der Waals surface area (Å²) >= 11 is 0. The minimum Gasteiger partial charge on any atom is -0.497 e. The summed E-state index contributed by atoms with van der Waals surface area (Å²) in [7, 11) is 5.35. The number of carbonyl (C=O) groups is 1. The van der Waals surface area contributed by atoms with Crippen molar-refractivity contribution in [2.24, 2.45) is 5.92 Å². The molecule has 1 rings (SSSR count). The molecule has 0 saturated carbocycles. The maximum atomic E-state index is 12.2. The highest BCUT2D eigenvalue weighted by atomic mass is 16.5. The zero-order chi connectivity index (χ0) is 16.0. The zero-order valence-corrected chi connectivity index (χ0v) is 13.5. The first-order valence-electron chi connectivity index (χ1n) is 7.13. The number of hydrogen-bond acceptors (Lipinski definition) is 4. The van der Waals surface area contributed by atoms with Crippen LogP contribution in [0.4, 0.5) is 0 Å². The predicted molar refractivity (Wildman–Crippen MR) is 83.3 cm³/mol. The Morgan fingerprint density at radius 1 is 1.29 bits per heavy atom. The van der Waals surface area contributed by atoms with Crippen LogP contribution in [0.5, 0.6) is 5.75 Å². The Morgan fingerprint density at radius 2 is 1.86 bits per heavy atom. The summed E-state index contributed by atoms with van der Waals surface area (Å²) in [5, 5.41) is 12.9. The van der Waals surface area contributed by atoms with Crippen molar-refractivity contribution in [1.29, 1.82) is 0 Å². The molecule has 5 nitrogen and oxygen atoms in total. The highest BCUT2D eigenvalue weighted by Gasteiger charge is 2.24. The third kappa shape index (κ3) is 5.02. The number of likely N-dealkylation sites (N-methyl/N-ethyl adjacent to an activating group) is 1. The molecule has 5 heteroatoms. The molecule has 0 bridgehead atoms. The molecule has 0 aliphatic carbocycles. The van der Waals surface area contributed by atoms with Crippen LogP contribution in [0.2, 0.25) is 0 Å². The number of aliphatic hydroxyl groups excluding tert-OH is 1. The van der Waals surface area contributed by atoms with E-state index in [1.807, 2.05) is 32.8 Å². The van der Waals surface area contributed by atoms with Crippen LogP contribution in [0.15, 0.2) is 24.3 Å². The molecule has 1 aromatic rings. The molecule has 1 amide bonds. The molecule has 2 N–H and O–H groups in total. The van der Waals surface area contributed by atoms with E-state index in [4.69, 9.17) is 4.74 Å².